The molecule has 3 unspecified atom stereocenters. The van der Waals surface area contributed by atoms with Crippen molar-refractivity contribution in [1.29, 1.82) is 0 Å². The van der Waals surface area contributed by atoms with Crippen molar-refractivity contribution in [3.63, 3.8) is 0 Å². The highest BCUT2D eigenvalue weighted by Gasteiger charge is 2.30. The van der Waals surface area contributed by atoms with Crippen LogP contribution in [0.25, 0.3) is 0 Å². The van der Waals surface area contributed by atoms with Crippen molar-refractivity contribution in [2.24, 2.45) is 11.8 Å². The molecule has 0 saturated heterocycles. The predicted octanol–water partition coefficient (Wildman–Crippen LogP) is 21.9. The molecule has 0 aromatic rings. The van der Waals surface area contributed by atoms with Gasteiger partial charge in [0.2, 0.25) is 0 Å². The van der Waals surface area contributed by atoms with Gasteiger partial charge < -0.3 is 33.8 Å². The molecule has 0 rings (SSSR count). The van der Waals surface area contributed by atoms with Gasteiger partial charge in [0.25, 0.3) is 0 Å². The van der Waals surface area contributed by atoms with E-state index < -0.39 is 97.5 Å². The van der Waals surface area contributed by atoms with Crippen LogP contribution in [0.4, 0.5) is 0 Å². The zero-order valence-corrected chi connectivity index (χ0v) is 63.1. The Balaban J connectivity index is 5.24. The summed E-state index contributed by atoms with van der Waals surface area (Å²) < 4.78 is 68.5. The summed E-state index contributed by atoms with van der Waals surface area (Å²) in [5, 5.41) is 10.6. The molecule has 0 aliphatic carbocycles. The zero-order valence-electron chi connectivity index (χ0n) is 61.3. The van der Waals surface area contributed by atoms with Crippen molar-refractivity contribution in [3.05, 3.63) is 0 Å². The van der Waals surface area contributed by atoms with Crippen molar-refractivity contribution in [1.82, 2.24) is 0 Å². The van der Waals surface area contributed by atoms with Gasteiger partial charge in [-0.15, -0.1) is 0 Å². The molecule has 0 aliphatic rings. The molecule has 6 atom stereocenters. The molecule has 94 heavy (non-hydrogen) atoms. The number of phosphoric acid groups is 2. The second-order valence-electron chi connectivity index (χ2n) is 27.8. The second kappa shape index (κ2) is 66.9. The lowest BCUT2D eigenvalue weighted by Crippen LogP contribution is -2.30. The van der Waals surface area contributed by atoms with Crippen molar-refractivity contribution >= 4 is 39.5 Å². The summed E-state index contributed by atoms with van der Waals surface area (Å²) >= 11 is 0. The summed E-state index contributed by atoms with van der Waals surface area (Å²) in [6.07, 6.45) is 53.9. The first kappa shape index (κ1) is 92.1. The minimum absolute atomic E-state index is 0.107. The molecular formula is C75H146O17P2. The van der Waals surface area contributed by atoms with Crippen molar-refractivity contribution in [2.45, 2.75) is 407 Å². The Morgan fingerprint density at radius 2 is 0.543 bits per heavy atom. The number of unbranched alkanes of at least 4 members (excludes halogenated alkanes) is 43. The SMILES string of the molecule is CCCCCCCCCCCCCCCCC(=O)O[C@H](COC(=O)CCCCCCCCCCC)COP(=O)(O)OC[C@H](O)COP(=O)(O)OC[C@@H](COC(=O)CCCCCCCCCCCCC(C)CC)OC(=O)CCCCCCCCCCCCCCCCC(C)C. The number of carbonyl (C=O) groups is 4. The highest BCUT2D eigenvalue weighted by atomic mass is 31.2. The summed E-state index contributed by atoms with van der Waals surface area (Å²) in [5.74, 6) is -0.511. The van der Waals surface area contributed by atoms with Gasteiger partial charge in [-0.2, -0.15) is 0 Å². The first-order valence-corrected chi connectivity index (χ1v) is 42.0. The van der Waals surface area contributed by atoms with E-state index in [1.807, 2.05) is 0 Å². The van der Waals surface area contributed by atoms with Crippen molar-refractivity contribution < 1.29 is 80.2 Å². The minimum Gasteiger partial charge on any atom is -0.462 e. The van der Waals surface area contributed by atoms with Gasteiger partial charge >= 0.3 is 39.5 Å². The number of carbonyl (C=O) groups excluding carboxylic acids is 4. The van der Waals surface area contributed by atoms with E-state index in [1.165, 1.54) is 205 Å². The molecule has 0 aromatic carbocycles. The van der Waals surface area contributed by atoms with Gasteiger partial charge in [0, 0.05) is 25.7 Å². The molecule has 0 amide bonds. The number of esters is 4. The quantitative estimate of drug-likeness (QED) is 0.0222. The first-order chi connectivity index (χ1) is 45.4. The number of aliphatic hydroxyl groups is 1. The number of ether oxygens (including phenoxy) is 4. The highest BCUT2D eigenvalue weighted by molar-refractivity contribution is 7.47. The Bertz CT molecular complexity index is 1820. The van der Waals surface area contributed by atoms with E-state index in [1.54, 1.807) is 0 Å². The van der Waals surface area contributed by atoms with Crippen LogP contribution < -0.4 is 0 Å². The molecule has 0 heterocycles. The fourth-order valence-electron chi connectivity index (χ4n) is 11.4. The fraction of sp³-hybridized carbons (Fsp3) is 0.947. The van der Waals surface area contributed by atoms with E-state index >= 15 is 0 Å². The van der Waals surface area contributed by atoms with E-state index in [9.17, 15) is 43.2 Å². The fourth-order valence-corrected chi connectivity index (χ4v) is 13.0. The van der Waals surface area contributed by atoms with Crippen LogP contribution in [0.1, 0.15) is 388 Å². The summed E-state index contributed by atoms with van der Waals surface area (Å²) in [5.41, 5.74) is 0. The van der Waals surface area contributed by atoms with Crippen LogP contribution in [-0.4, -0.2) is 96.7 Å². The van der Waals surface area contributed by atoms with Crippen LogP contribution in [-0.2, 0) is 65.4 Å². The van der Waals surface area contributed by atoms with Crippen molar-refractivity contribution in [2.75, 3.05) is 39.6 Å². The van der Waals surface area contributed by atoms with Crippen molar-refractivity contribution in [3.8, 4) is 0 Å². The molecule has 0 saturated carbocycles. The first-order valence-electron chi connectivity index (χ1n) is 39.0. The number of hydrogen-bond acceptors (Lipinski definition) is 15. The maximum atomic E-state index is 13.1. The standard InChI is InChI=1S/C75H146O17P2/c1-7-10-12-14-16-18-19-20-24-27-35-41-47-53-59-74(79)91-70(63-85-72(77)57-51-45-39-31-17-15-13-11-8-2)65-89-93(81,82)87-61-69(76)62-88-94(83,84)90-66-71(64-86-73(78)58-52-46-40-34-30-29-33-38-44-50-56-68(6)9-3)92-75(80)60-54-48-42-36-28-25-22-21-23-26-32-37-43-49-55-67(4)5/h67-71,76H,7-66H2,1-6H3,(H,81,82)(H,83,84)/t68?,69-,70+,71+/m0/s1. The third-order valence-corrected chi connectivity index (χ3v) is 19.7. The van der Waals surface area contributed by atoms with Gasteiger partial charge in [-0.1, -0.05) is 337 Å². The molecule has 0 radical (unpaired) electrons. The molecule has 558 valence electrons. The topological polar surface area (TPSA) is 237 Å². The van der Waals surface area contributed by atoms with Gasteiger partial charge in [0.15, 0.2) is 12.2 Å². The third kappa shape index (κ3) is 67.3. The summed E-state index contributed by atoms with van der Waals surface area (Å²) in [6, 6.07) is 0. The largest absolute Gasteiger partial charge is 0.472 e. The van der Waals surface area contributed by atoms with Crippen LogP contribution >= 0.6 is 15.6 Å². The summed E-state index contributed by atoms with van der Waals surface area (Å²) in [4.78, 5) is 72.7. The molecular weight excluding hydrogens is 1230 g/mol. The smallest absolute Gasteiger partial charge is 0.462 e. The summed E-state index contributed by atoms with van der Waals surface area (Å²) in [6.45, 7) is 9.63. The number of aliphatic hydroxyl groups excluding tert-OH is 1. The van der Waals surface area contributed by atoms with E-state index in [4.69, 9.17) is 37.0 Å². The normalized spacial score (nSPS) is 14.3. The highest BCUT2D eigenvalue weighted by Crippen LogP contribution is 2.45. The maximum absolute atomic E-state index is 13.1. The Kier molecular flexibility index (Phi) is 65.5. The lowest BCUT2D eigenvalue weighted by molar-refractivity contribution is -0.161. The van der Waals surface area contributed by atoms with Gasteiger partial charge in [-0.25, -0.2) is 9.13 Å². The number of rotatable bonds is 74. The molecule has 17 nitrogen and oxygen atoms in total. The molecule has 0 spiro atoms. The second-order valence-corrected chi connectivity index (χ2v) is 30.7. The number of phosphoric ester groups is 2. The van der Waals surface area contributed by atoms with E-state index in [-0.39, 0.29) is 25.7 Å². The van der Waals surface area contributed by atoms with E-state index in [0.717, 1.165) is 102 Å². The van der Waals surface area contributed by atoms with Crippen LogP contribution in [0.3, 0.4) is 0 Å². The molecule has 0 aromatic heterocycles. The zero-order chi connectivity index (χ0) is 69.3. The number of hydrogen-bond donors (Lipinski definition) is 3. The summed E-state index contributed by atoms with van der Waals surface area (Å²) in [7, 11) is -9.91. The predicted molar refractivity (Wildman–Crippen MR) is 381 cm³/mol. The average Bonchev–Trinajstić information content (AvgIpc) is 1.27. The Labute approximate surface area is 575 Å². The molecule has 0 bridgehead atoms. The average molecular weight is 1380 g/mol. The van der Waals surface area contributed by atoms with Crippen LogP contribution in [0, 0.1) is 11.8 Å². The van der Waals surface area contributed by atoms with Gasteiger partial charge in [0.05, 0.1) is 26.4 Å². The molecule has 19 heteroatoms. The van der Waals surface area contributed by atoms with Crippen LogP contribution in [0.2, 0.25) is 0 Å². The monoisotopic (exact) mass is 1380 g/mol. The molecule has 0 fully saturated rings. The lowest BCUT2D eigenvalue weighted by Gasteiger charge is -2.21. The van der Waals surface area contributed by atoms with E-state index in [0.29, 0.717) is 25.7 Å². The van der Waals surface area contributed by atoms with Crippen LogP contribution in [0.15, 0.2) is 0 Å². The Morgan fingerprint density at radius 1 is 0.309 bits per heavy atom. The van der Waals surface area contributed by atoms with E-state index in [2.05, 4.69) is 41.5 Å². The van der Waals surface area contributed by atoms with Gasteiger partial charge in [0.1, 0.15) is 19.3 Å². The molecule has 3 N–H and O–H groups in total. The lowest BCUT2D eigenvalue weighted by atomic mass is 9.99. The Morgan fingerprint density at radius 3 is 0.809 bits per heavy atom. The maximum Gasteiger partial charge on any atom is 0.472 e. The third-order valence-electron chi connectivity index (χ3n) is 17.8. The molecule has 0 aliphatic heterocycles. The van der Waals surface area contributed by atoms with Crippen LogP contribution in [0.5, 0.6) is 0 Å². The minimum atomic E-state index is -4.96. The Hall–Kier alpha value is -1.94. The van der Waals surface area contributed by atoms with Gasteiger partial charge in [-0.05, 0) is 37.5 Å². The van der Waals surface area contributed by atoms with Gasteiger partial charge in [-0.3, -0.25) is 37.3 Å².